The predicted octanol–water partition coefficient (Wildman–Crippen LogP) is 12.5. The summed E-state index contributed by atoms with van der Waals surface area (Å²) < 4.78 is 6.65. The van der Waals surface area contributed by atoms with Crippen molar-refractivity contribution >= 4 is 54.4 Å². The highest BCUT2D eigenvalue weighted by Gasteiger charge is 2.20. The van der Waals surface area contributed by atoms with Gasteiger partial charge >= 0.3 is 0 Å². The third-order valence-corrected chi connectivity index (χ3v) is 9.65. The van der Waals surface area contributed by atoms with Gasteiger partial charge in [-0.2, -0.15) is 0 Å². The van der Waals surface area contributed by atoms with E-state index in [9.17, 15) is 0 Å². The minimum Gasteiger partial charge on any atom is -0.455 e. The van der Waals surface area contributed by atoms with Crippen molar-refractivity contribution in [2.45, 2.75) is 0 Å². The number of hydrogen-bond donors (Lipinski definition) is 0. The third kappa shape index (κ3) is 4.59. The Morgan fingerprint density at radius 1 is 0.388 bits per heavy atom. The fourth-order valence-corrected chi connectivity index (χ4v) is 7.21. The van der Waals surface area contributed by atoms with Gasteiger partial charge in [0, 0.05) is 32.7 Å². The van der Waals surface area contributed by atoms with Gasteiger partial charge in [0.1, 0.15) is 11.2 Å². The highest BCUT2D eigenvalue weighted by Crippen LogP contribution is 2.42. The van der Waals surface area contributed by atoms with Crippen molar-refractivity contribution in [1.29, 1.82) is 0 Å². The second kappa shape index (κ2) is 11.0. The van der Waals surface area contributed by atoms with Gasteiger partial charge in [0.25, 0.3) is 0 Å². The van der Waals surface area contributed by atoms with E-state index in [-0.39, 0.29) is 0 Å². The van der Waals surface area contributed by atoms with Crippen LogP contribution in [0.2, 0.25) is 0 Å². The Morgan fingerprint density at radius 2 is 1.02 bits per heavy atom. The normalized spacial score (nSPS) is 11.7. The van der Waals surface area contributed by atoms with E-state index in [1.54, 1.807) is 0 Å². The quantitative estimate of drug-likeness (QED) is 0.196. The van der Waals surface area contributed by atoms with Crippen molar-refractivity contribution < 1.29 is 4.42 Å². The fourth-order valence-electron chi connectivity index (χ4n) is 7.21. The first-order valence-electron chi connectivity index (χ1n) is 16.6. The Morgan fingerprint density at radius 3 is 1.88 bits per heavy atom. The molecule has 2 aromatic heterocycles. The molecule has 3 nitrogen and oxygen atoms in total. The number of furan rings is 1. The van der Waals surface area contributed by atoms with Crippen LogP contribution in [0.15, 0.2) is 174 Å². The second-order valence-electron chi connectivity index (χ2n) is 12.6. The monoisotopic (exact) mass is 624 g/mol. The van der Waals surface area contributed by atoms with Crippen LogP contribution in [-0.2, 0) is 0 Å². The van der Waals surface area contributed by atoms with Gasteiger partial charge in [-0.05, 0) is 68.7 Å². The summed E-state index contributed by atoms with van der Waals surface area (Å²) in [7, 11) is 0. The lowest BCUT2D eigenvalue weighted by molar-refractivity contribution is 0.673. The molecule has 10 aromatic rings. The Balaban J connectivity index is 1.18. The summed E-state index contributed by atoms with van der Waals surface area (Å²) in [6, 6.07) is 59.7. The summed E-state index contributed by atoms with van der Waals surface area (Å²) in [5, 5.41) is 7.74. The second-order valence-corrected chi connectivity index (χ2v) is 12.6. The number of para-hydroxylation sites is 1. The lowest BCUT2D eigenvalue weighted by Gasteiger charge is -2.12. The number of hydrogen-bond acceptors (Lipinski definition) is 3. The standard InChI is InChI=1S/C46H28N2O/c1-2-10-29(11-3-1)35-24-25-42-39(27-35)43-40(28-36-14-6-7-15-37(36)45(43)49-42)46-47-41-17-9-8-16-38(41)44(48-46)32-21-18-31(19-22-32)34-23-20-30-12-4-5-13-33(30)26-34/h1-28H. The van der Waals surface area contributed by atoms with Crippen molar-refractivity contribution in [2.75, 3.05) is 0 Å². The van der Waals surface area contributed by atoms with Gasteiger partial charge in [-0.15, -0.1) is 0 Å². The lowest BCUT2D eigenvalue weighted by atomic mass is 9.97. The van der Waals surface area contributed by atoms with Gasteiger partial charge in [0.2, 0.25) is 0 Å². The lowest BCUT2D eigenvalue weighted by Crippen LogP contribution is -1.96. The Kier molecular flexibility index (Phi) is 6.18. The van der Waals surface area contributed by atoms with Gasteiger partial charge < -0.3 is 4.42 Å². The van der Waals surface area contributed by atoms with Crippen molar-refractivity contribution in [1.82, 2.24) is 9.97 Å². The molecule has 2 heterocycles. The highest BCUT2D eigenvalue weighted by atomic mass is 16.3. The molecule has 3 heteroatoms. The maximum atomic E-state index is 6.65. The van der Waals surface area contributed by atoms with Crippen LogP contribution in [0, 0.1) is 0 Å². The molecule has 49 heavy (non-hydrogen) atoms. The zero-order valence-corrected chi connectivity index (χ0v) is 26.5. The van der Waals surface area contributed by atoms with Crippen LogP contribution >= 0.6 is 0 Å². The summed E-state index contributed by atoms with van der Waals surface area (Å²) in [6.07, 6.45) is 0. The van der Waals surface area contributed by atoms with Gasteiger partial charge in [-0.1, -0.05) is 140 Å². The number of aromatic nitrogens is 2. The first-order valence-corrected chi connectivity index (χ1v) is 16.6. The molecular weight excluding hydrogens is 597 g/mol. The van der Waals surface area contributed by atoms with Crippen molar-refractivity contribution in [3.8, 4) is 44.9 Å². The van der Waals surface area contributed by atoms with E-state index in [2.05, 4.69) is 158 Å². The van der Waals surface area contributed by atoms with E-state index in [4.69, 9.17) is 14.4 Å². The van der Waals surface area contributed by atoms with Crippen molar-refractivity contribution in [3.63, 3.8) is 0 Å². The predicted molar refractivity (Wildman–Crippen MR) is 204 cm³/mol. The highest BCUT2D eigenvalue weighted by molar-refractivity contribution is 6.21. The maximum Gasteiger partial charge on any atom is 0.161 e. The van der Waals surface area contributed by atoms with Crippen LogP contribution < -0.4 is 0 Å². The molecule has 8 aromatic carbocycles. The largest absolute Gasteiger partial charge is 0.455 e. The van der Waals surface area contributed by atoms with Gasteiger partial charge in [0.05, 0.1) is 11.2 Å². The Hall–Kier alpha value is -6.58. The van der Waals surface area contributed by atoms with Gasteiger partial charge in [-0.25, -0.2) is 9.97 Å². The molecule has 0 spiro atoms. The van der Waals surface area contributed by atoms with Gasteiger partial charge in [-0.3, -0.25) is 0 Å². The van der Waals surface area contributed by atoms with Crippen LogP contribution in [0.5, 0.6) is 0 Å². The summed E-state index contributed by atoms with van der Waals surface area (Å²) in [5.41, 5.74) is 10.2. The van der Waals surface area contributed by atoms with E-state index in [0.717, 1.165) is 71.6 Å². The van der Waals surface area contributed by atoms with E-state index >= 15 is 0 Å². The molecule has 0 N–H and O–H groups in total. The molecule has 10 rings (SSSR count). The van der Waals surface area contributed by atoms with E-state index in [0.29, 0.717) is 5.82 Å². The minimum absolute atomic E-state index is 0.677. The Bertz CT molecular complexity index is 2870. The molecule has 0 unspecified atom stereocenters. The Labute approximate surface area is 282 Å². The fraction of sp³-hybridized carbons (Fsp3) is 0. The maximum absolute atomic E-state index is 6.65. The van der Waals surface area contributed by atoms with Crippen LogP contribution in [0.4, 0.5) is 0 Å². The smallest absolute Gasteiger partial charge is 0.161 e. The minimum atomic E-state index is 0.677. The summed E-state index contributed by atoms with van der Waals surface area (Å²) >= 11 is 0. The molecule has 0 aliphatic rings. The number of nitrogens with zero attached hydrogens (tertiary/aromatic N) is 2. The van der Waals surface area contributed by atoms with Crippen LogP contribution in [0.1, 0.15) is 0 Å². The van der Waals surface area contributed by atoms with E-state index in [1.165, 1.54) is 21.9 Å². The molecule has 0 saturated carbocycles. The molecule has 0 aliphatic heterocycles. The average Bonchev–Trinajstić information content (AvgIpc) is 3.57. The topological polar surface area (TPSA) is 38.9 Å². The third-order valence-electron chi connectivity index (χ3n) is 9.65. The molecule has 0 fully saturated rings. The number of rotatable bonds is 4. The molecule has 0 aliphatic carbocycles. The van der Waals surface area contributed by atoms with Crippen LogP contribution in [0.25, 0.3) is 99.3 Å². The molecule has 0 amide bonds. The average molecular weight is 625 g/mol. The summed E-state index contributed by atoms with van der Waals surface area (Å²) in [6.45, 7) is 0. The van der Waals surface area contributed by atoms with E-state index in [1.807, 2.05) is 12.1 Å². The van der Waals surface area contributed by atoms with E-state index < -0.39 is 0 Å². The molecule has 0 atom stereocenters. The molecule has 0 bridgehead atoms. The zero-order chi connectivity index (χ0) is 32.3. The number of fused-ring (bicyclic) bond motifs is 7. The molecule has 228 valence electrons. The van der Waals surface area contributed by atoms with Crippen molar-refractivity contribution in [3.05, 3.63) is 170 Å². The first kappa shape index (κ1) is 27.5. The van der Waals surface area contributed by atoms with Crippen molar-refractivity contribution in [2.24, 2.45) is 0 Å². The van der Waals surface area contributed by atoms with Crippen LogP contribution in [-0.4, -0.2) is 9.97 Å². The SMILES string of the molecule is c1ccc(-c2ccc3oc4c5ccccc5cc(-c5nc(-c6ccc(-c7ccc8ccccc8c7)cc6)c6ccccc6n5)c4c3c2)cc1. The van der Waals surface area contributed by atoms with Gasteiger partial charge in [0.15, 0.2) is 5.82 Å². The molecule has 0 saturated heterocycles. The molecule has 0 radical (unpaired) electrons. The van der Waals surface area contributed by atoms with Crippen LogP contribution in [0.3, 0.4) is 0 Å². The molecular formula is C46H28N2O. The summed E-state index contributed by atoms with van der Waals surface area (Å²) in [5.74, 6) is 0.677. The number of benzene rings is 8. The summed E-state index contributed by atoms with van der Waals surface area (Å²) in [4.78, 5) is 10.6. The zero-order valence-electron chi connectivity index (χ0n) is 26.5. The first-order chi connectivity index (χ1) is 24.3.